The maximum Gasteiger partial charge on any atom is 0.261 e. The first kappa shape index (κ1) is 18.9. The molecule has 0 aliphatic heterocycles. The number of hydrogen-bond donors (Lipinski definition) is 2. The van der Waals surface area contributed by atoms with Gasteiger partial charge < -0.3 is 5.32 Å². The Bertz CT molecular complexity index is 1000. The van der Waals surface area contributed by atoms with Crippen molar-refractivity contribution in [3.8, 4) is 0 Å². The van der Waals surface area contributed by atoms with E-state index in [0.717, 1.165) is 23.2 Å². The van der Waals surface area contributed by atoms with Crippen LogP contribution in [0.5, 0.6) is 0 Å². The zero-order chi connectivity index (χ0) is 19.3. The van der Waals surface area contributed by atoms with Gasteiger partial charge in [0, 0.05) is 17.9 Å². The standard InChI is InChI=1S/C21H21FN2O2S/c1-16-3-2-4-21(15-16)27(25,26)24-20-11-9-19(10-12-20)23-14-13-17-5-7-18(22)8-6-17/h2-12,15,23-24H,13-14H2,1H3. The van der Waals surface area contributed by atoms with E-state index in [0.29, 0.717) is 12.2 Å². The number of anilines is 2. The van der Waals surface area contributed by atoms with Gasteiger partial charge in [0.25, 0.3) is 10.0 Å². The van der Waals surface area contributed by atoms with Crippen molar-refractivity contribution >= 4 is 21.4 Å². The molecule has 0 unspecified atom stereocenters. The molecule has 0 radical (unpaired) electrons. The van der Waals surface area contributed by atoms with E-state index in [1.165, 1.54) is 12.1 Å². The van der Waals surface area contributed by atoms with Gasteiger partial charge in [-0.05, 0) is 73.0 Å². The Morgan fingerprint density at radius 3 is 2.22 bits per heavy atom. The Kier molecular flexibility index (Phi) is 5.76. The lowest BCUT2D eigenvalue weighted by Gasteiger charge is -2.10. The minimum Gasteiger partial charge on any atom is -0.385 e. The second-order valence-electron chi connectivity index (χ2n) is 6.30. The van der Waals surface area contributed by atoms with Gasteiger partial charge in [0.15, 0.2) is 0 Å². The summed E-state index contributed by atoms with van der Waals surface area (Å²) in [6.07, 6.45) is 0.766. The average Bonchev–Trinajstić information content (AvgIpc) is 2.65. The number of halogens is 1. The number of sulfonamides is 1. The quantitative estimate of drug-likeness (QED) is 0.626. The van der Waals surface area contributed by atoms with Crippen LogP contribution in [0.3, 0.4) is 0 Å². The van der Waals surface area contributed by atoms with Crippen LogP contribution in [0.15, 0.2) is 77.7 Å². The van der Waals surface area contributed by atoms with Crippen molar-refractivity contribution in [2.45, 2.75) is 18.2 Å². The molecular formula is C21H21FN2O2S. The summed E-state index contributed by atoms with van der Waals surface area (Å²) >= 11 is 0. The first-order valence-corrected chi connectivity index (χ1v) is 10.1. The third kappa shape index (κ3) is 5.31. The van der Waals surface area contributed by atoms with Gasteiger partial charge in [-0.15, -0.1) is 0 Å². The van der Waals surface area contributed by atoms with Crippen LogP contribution in [0.4, 0.5) is 15.8 Å². The predicted octanol–water partition coefficient (Wildman–Crippen LogP) is 4.59. The van der Waals surface area contributed by atoms with Crippen LogP contribution in [-0.4, -0.2) is 15.0 Å². The summed E-state index contributed by atoms with van der Waals surface area (Å²) in [6, 6.07) is 20.3. The highest BCUT2D eigenvalue weighted by atomic mass is 32.2. The van der Waals surface area contributed by atoms with Crippen molar-refractivity contribution in [2.75, 3.05) is 16.6 Å². The molecular weight excluding hydrogens is 363 g/mol. The van der Waals surface area contributed by atoms with Gasteiger partial charge in [0.2, 0.25) is 0 Å². The first-order chi connectivity index (χ1) is 12.9. The molecule has 0 spiro atoms. The van der Waals surface area contributed by atoms with Gasteiger partial charge in [-0.25, -0.2) is 12.8 Å². The average molecular weight is 384 g/mol. The summed E-state index contributed by atoms with van der Waals surface area (Å²) in [5.74, 6) is -0.240. The lowest BCUT2D eigenvalue weighted by Crippen LogP contribution is -2.13. The van der Waals surface area contributed by atoms with Gasteiger partial charge in [-0.3, -0.25) is 4.72 Å². The molecule has 0 atom stereocenters. The van der Waals surface area contributed by atoms with E-state index in [4.69, 9.17) is 0 Å². The van der Waals surface area contributed by atoms with Crippen LogP contribution in [-0.2, 0) is 16.4 Å². The van der Waals surface area contributed by atoms with Crippen LogP contribution in [0.25, 0.3) is 0 Å². The minimum atomic E-state index is -3.61. The molecule has 0 fully saturated rings. The first-order valence-electron chi connectivity index (χ1n) is 8.60. The van der Waals surface area contributed by atoms with Gasteiger partial charge in [0.1, 0.15) is 5.82 Å². The fourth-order valence-corrected chi connectivity index (χ4v) is 3.82. The van der Waals surface area contributed by atoms with E-state index < -0.39 is 10.0 Å². The number of aryl methyl sites for hydroxylation is 1. The topological polar surface area (TPSA) is 58.2 Å². The van der Waals surface area contributed by atoms with Crippen LogP contribution in [0.1, 0.15) is 11.1 Å². The fraction of sp³-hybridized carbons (Fsp3) is 0.143. The molecule has 0 saturated heterocycles. The smallest absolute Gasteiger partial charge is 0.261 e. The maximum absolute atomic E-state index is 12.9. The highest BCUT2D eigenvalue weighted by Crippen LogP contribution is 2.19. The van der Waals surface area contributed by atoms with E-state index in [1.54, 1.807) is 42.5 Å². The summed E-state index contributed by atoms with van der Waals surface area (Å²) in [5.41, 5.74) is 3.32. The monoisotopic (exact) mass is 384 g/mol. The largest absolute Gasteiger partial charge is 0.385 e. The Morgan fingerprint density at radius 1 is 0.889 bits per heavy atom. The number of nitrogens with one attached hydrogen (secondary N) is 2. The summed E-state index contributed by atoms with van der Waals surface area (Å²) < 4.78 is 40.4. The van der Waals surface area contributed by atoms with Crippen molar-refractivity contribution < 1.29 is 12.8 Å². The summed E-state index contributed by atoms with van der Waals surface area (Å²) in [6.45, 7) is 2.55. The predicted molar refractivity (Wildman–Crippen MR) is 107 cm³/mol. The van der Waals surface area contributed by atoms with Crippen molar-refractivity contribution in [1.29, 1.82) is 0 Å². The summed E-state index contributed by atoms with van der Waals surface area (Å²) in [7, 11) is -3.61. The van der Waals surface area contributed by atoms with E-state index in [1.807, 2.05) is 25.1 Å². The van der Waals surface area contributed by atoms with Crippen molar-refractivity contribution in [2.24, 2.45) is 0 Å². The molecule has 4 nitrogen and oxygen atoms in total. The van der Waals surface area contributed by atoms with E-state index in [2.05, 4.69) is 10.0 Å². The fourth-order valence-electron chi connectivity index (χ4n) is 2.65. The molecule has 0 bridgehead atoms. The Labute approximate surface area is 159 Å². The third-order valence-electron chi connectivity index (χ3n) is 4.09. The summed E-state index contributed by atoms with van der Waals surface area (Å²) in [4.78, 5) is 0.240. The molecule has 140 valence electrons. The summed E-state index contributed by atoms with van der Waals surface area (Å²) in [5, 5.41) is 3.27. The van der Waals surface area contributed by atoms with Crippen molar-refractivity contribution in [1.82, 2.24) is 0 Å². The van der Waals surface area contributed by atoms with E-state index in [9.17, 15) is 12.8 Å². The van der Waals surface area contributed by atoms with Crippen molar-refractivity contribution in [3.05, 3.63) is 89.7 Å². The molecule has 0 heterocycles. The van der Waals surface area contributed by atoms with E-state index >= 15 is 0 Å². The second-order valence-corrected chi connectivity index (χ2v) is 7.99. The number of benzene rings is 3. The molecule has 0 amide bonds. The van der Waals surface area contributed by atoms with Gasteiger partial charge in [-0.2, -0.15) is 0 Å². The third-order valence-corrected chi connectivity index (χ3v) is 5.47. The second kappa shape index (κ2) is 8.22. The Balaban J connectivity index is 1.57. The van der Waals surface area contributed by atoms with Gasteiger partial charge >= 0.3 is 0 Å². The maximum atomic E-state index is 12.9. The highest BCUT2D eigenvalue weighted by Gasteiger charge is 2.13. The van der Waals surface area contributed by atoms with Crippen molar-refractivity contribution in [3.63, 3.8) is 0 Å². The molecule has 0 aromatic heterocycles. The van der Waals surface area contributed by atoms with E-state index in [-0.39, 0.29) is 10.7 Å². The van der Waals surface area contributed by atoms with Gasteiger partial charge in [0.05, 0.1) is 4.90 Å². The zero-order valence-electron chi connectivity index (χ0n) is 14.9. The molecule has 3 aromatic rings. The molecule has 0 saturated carbocycles. The zero-order valence-corrected chi connectivity index (χ0v) is 15.8. The van der Waals surface area contributed by atoms with Gasteiger partial charge in [-0.1, -0.05) is 24.3 Å². The van der Waals surface area contributed by atoms with Crippen LogP contribution >= 0.6 is 0 Å². The number of rotatable bonds is 7. The van der Waals surface area contributed by atoms with Crippen LogP contribution in [0.2, 0.25) is 0 Å². The minimum absolute atomic E-state index is 0.240. The molecule has 6 heteroatoms. The SMILES string of the molecule is Cc1cccc(S(=O)(=O)Nc2ccc(NCCc3ccc(F)cc3)cc2)c1. The molecule has 27 heavy (non-hydrogen) atoms. The lowest BCUT2D eigenvalue weighted by atomic mass is 10.1. The highest BCUT2D eigenvalue weighted by molar-refractivity contribution is 7.92. The molecule has 0 aliphatic carbocycles. The lowest BCUT2D eigenvalue weighted by molar-refractivity contribution is 0.601. The Morgan fingerprint density at radius 2 is 1.56 bits per heavy atom. The van der Waals surface area contributed by atoms with Crippen LogP contribution in [0, 0.1) is 12.7 Å². The molecule has 3 rings (SSSR count). The molecule has 2 N–H and O–H groups in total. The van der Waals surface area contributed by atoms with Crippen LogP contribution < -0.4 is 10.0 Å². The Hall–Kier alpha value is -2.86. The molecule has 3 aromatic carbocycles. The normalized spacial score (nSPS) is 11.2. The molecule has 0 aliphatic rings. The number of hydrogen-bond acceptors (Lipinski definition) is 3.